The summed E-state index contributed by atoms with van der Waals surface area (Å²) in [6, 6.07) is 16.3. The average molecular weight is 352 g/mol. The van der Waals surface area contributed by atoms with E-state index in [4.69, 9.17) is 11.0 Å². The average Bonchev–Trinajstić information content (AvgIpc) is 3.13. The summed E-state index contributed by atoms with van der Waals surface area (Å²) in [5.41, 5.74) is 5.26. The highest BCUT2D eigenvalue weighted by molar-refractivity contribution is 6.12. The van der Waals surface area contributed by atoms with Gasteiger partial charge in [0, 0.05) is 22.5 Å². The monoisotopic (exact) mass is 352 g/mol. The van der Waals surface area contributed by atoms with Crippen LogP contribution in [0.3, 0.4) is 0 Å². The summed E-state index contributed by atoms with van der Waals surface area (Å²) in [4.78, 5) is 8.39. The zero-order valence-electron chi connectivity index (χ0n) is 15.1. The van der Waals surface area contributed by atoms with Gasteiger partial charge in [-0.1, -0.05) is 49.6 Å². The Morgan fingerprint density at radius 2 is 1.74 bits per heavy atom. The van der Waals surface area contributed by atoms with Crippen molar-refractivity contribution in [3.05, 3.63) is 71.7 Å². The molecular formula is C24H20N2O. The van der Waals surface area contributed by atoms with Gasteiger partial charge < -0.3 is 4.42 Å². The molecule has 0 N–H and O–H groups in total. The molecule has 0 bridgehead atoms. The second-order valence-corrected chi connectivity index (χ2v) is 7.33. The van der Waals surface area contributed by atoms with Crippen LogP contribution in [-0.2, 0) is 0 Å². The molecule has 5 rings (SSSR count). The van der Waals surface area contributed by atoms with Crippen molar-refractivity contribution >= 4 is 27.6 Å². The van der Waals surface area contributed by atoms with E-state index < -0.39 is 0 Å². The van der Waals surface area contributed by atoms with E-state index in [0.29, 0.717) is 11.6 Å². The lowest BCUT2D eigenvalue weighted by Gasteiger charge is -2.23. The molecule has 0 unspecified atom stereocenters. The Balaban J connectivity index is 1.76. The molecule has 3 nitrogen and oxygen atoms in total. The predicted molar refractivity (Wildman–Crippen MR) is 109 cm³/mol. The molecule has 0 aliphatic heterocycles. The summed E-state index contributed by atoms with van der Waals surface area (Å²) in [5, 5.41) is 2.07. The van der Waals surface area contributed by atoms with Crippen LogP contribution in [-0.4, -0.2) is 4.98 Å². The minimum Gasteiger partial charge on any atom is -0.466 e. The van der Waals surface area contributed by atoms with E-state index in [1.807, 2.05) is 30.3 Å². The van der Waals surface area contributed by atoms with Crippen molar-refractivity contribution < 1.29 is 4.42 Å². The first kappa shape index (κ1) is 16.1. The molecule has 0 saturated heterocycles. The van der Waals surface area contributed by atoms with E-state index >= 15 is 0 Å². The second-order valence-electron chi connectivity index (χ2n) is 7.33. The lowest BCUT2D eigenvalue weighted by molar-refractivity contribution is 0.444. The molecule has 3 heteroatoms. The number of para-hydroxylation sites is 1. The Bertz CT molecular complexity index is 1160. The third-order valence-corrected chi connectivity index (χ3v) is 5.77. The number of hydrogen-bond acceptors (Lipinski definition) is 2. The number of fused-ring (bicyclic) bond motifs is 3. The number of aromatic nitrogens is 1. The van der Waals surface area contributed by atoms with Gasteiger partial charge in [0.1, 0.15) is 11.2 Å². The van der Waals surface area contributed by atoms with Crippen molar-refractivity contribution in [2.45, 2.75) is 38.0 Å². The third kappa shape index (κ3) is 2.61. The molecule has 0 radical (unpaired) electrons. The maximum absolute atomic E-state index is 7.83. The summed E-state index contributed by atoms with van der Waals surface area (Å²) in [7, 11) is 0. The Morgan fingerprint density at radius 1 is 0.889 bits per heavy atom. The molecule has 1 fully saturated rings. The molecular weight excluding hydrogens is 332 g/mol. The summed E-state index contributed by atoms with van der Waals surface area (Å²) in [5.74, 6) is 0.482. The molecule has 4 aromatic rings. The number of benzene rings is 2. The van der Waals surface area contributed by atoms with Crippen LogP contribution in [0.15, 0.2) is 59.1 Å². The van der Waals surface area contributed by atoms with E-state index in [9.17, 15) is 0 Å². The lowest BCUT2D eigenvalue weighted by Crippen LogP contribution is -2.04. The van der Waals surface area contributed by atoms with Crippen molar-refractivity contribution in [1.82, 2.24) is 4.98 Å². The normalized spacial score (nSPS) is 15.2. The van der Waals surface area contributed by atoms with Gasteiger partial charge in [-0.2, -0.15) is 0 Å². The number of hydrogen-bond donors (Lipinski definition) is 0. The van der Waals surface area contributed by atoms with Crippen molar-refractivity contribution in [2.24, 2.45) is 0 Å². The van der Waals surface area contributed by atoms with Crippen LogP contribution in [0, 0.1) is 6.57 Å². The Labute approximate surface area is 158 Å². The molecule has 27 heavy (non-hydrogen) atoms. The first-order chi connectivity index (χ1) is 13.4. The van der Waals surface area contributed by atoms with E-state index in [1.165, 1.54) is 32.1 Å². The van der Waals surface area contributed by atoms with Gasteiger partial charge in [0.25, 0.3) is 0 Å². The zero-order chi connectivity index (χ0) is 18.2. The molecule has 0 spiro atoms. The van der Waals surface area contributed by atoms with Crippen LogP contribution in [0.4, 0.5) is 5.69 Å². The summed E-state index contributed by atoms with van der Waals surface area (Å²) in [6.45, 7) is 7.83. The topological polar surface area (TPSA) is 30.4 Å². The van der Waals surface area contributed by atoms with E-state index in [-0.39, 0.29) is 0 Å². The van der Waals surface area contributed by atoms with Crippen molar-refractivity contribution in [3.8, 4) is 11.3 Å². The lowest BCUT2D eigenvalue weighted by atomic mass is 9.83. The van der Waals surface area contributed by atoms with Gasteiger partial charge in [-0.05, 0) is 42.5 Å². The van der Waals surface area contributed by atoms with Crippen molar-refractivity contribution in [1.29, 1.82) is 0 Å². The highest BCUT2D eigenvalue weighted by atomic mass is 16.3. The van der Waals surface area contributed by atoms with Gasteiger partial charge in [0.2, 0.25) is 5.69 Å². The zero-order valence-corrected chi connectivity index (χ0v) is 15.1. The molecule has 2 aromatic carbocycles. The van der Waals surface area contributed by atoms with E-state index in [1.54, 1.807) is 6.20 Å². The summed E-state index contributed by atoms with van der Waals surface area (Å²) in [6.07, 6.45) is 7.96. The summed E-state index contributed by atoms with van der Waals surface area (Å²) >= 11 is 0. The molecule has 2 aromatic heterocycles. The van der Waals surface area contributed by atoms with Crippen LogP contribution < -0.4 is 0 Å². The van der Waals surface area contributed by atoms with Crippen molar-refractivity contribution in [3.63, 3.8) is 0 Å². The van der Waals surface area contributed by atoms with Crippen LogP contribution in [0.5, 0.6) is 0 Å². The number of nitrogens with zero attached hydrogens (tertiary/aromatic N) is 2. The molecule has 0 atom stereocenters. The number of furan rings is 1. The minimum atomic E-state index is 0.482. The first-order valence-corrected chi connectivity index (χ1v) is 9.64. The Morgan fingerprint density at radius 3 is 2.52 bits per heavy atom. The number of pyridine rings is 1. The van der Waals surface area contributed by atoms with Gasteiger partial charge in [-0.3, -0.25) is 4.98 Å². The van der Waals surface area contributed by atoms with Gasteiger partial charge in [0.15, 0.2) is 0 Å². The molecule has 1 saturated carbocycles. The summed E-state index contributed by atoms with van der Waals surface area (Å²) < 4.78 is 6.34. The van der Waals surface area contributed by atoms with Crippen LogP contribution in [0.2, 0.25) is 0 Å². The third-order valence-electron chi connectivity index (χ3n) is 5.77. The standard InChI is InChI=1S/C24H20N2O/c1-25-22-17(16-8-3-2-4-9-16)13-14-19-18-10-7-11-20(23(18)27-24(19)22)21-12-5-6-15-26-21/h5-7,10-16H,2-4,8-9H2. The van der Waals surface area contributed by atoms with Crippen LogP contribution in [0.25, 0.3) is 38.0 Å². The SMILES string of the molecule is [C-]#[N+]c1c(C2CCCCC2)ccc2c1oc1c(-c3ccccn3)cccc12. The number of rotatable bonds is 2. The molecule has 1 aliphatic carbocycles. The smallest absolute Gasteiger partial charge is 0.232 e. The molecule has 132 valence electrons. The largest absolute Gasteiger partial charge is 0.466 e. The fraction of sp³-hybridized carbons (Fsp3) is 0.250. The molecule has 2 heterocycles. The quantitative estimate of drug-likeness (QED) is 0.356. The Kier molecular flexibility index (Phi) is 3.90. The fourth-order valence-electron chi connectivity index (χ4n) is 4.45. The second kappa shape index (κ2) is 6.55. The van der Waals surface area contributed by atoms with Gasteiger partial charge in [-0.25, -0.2) is 4.85 Å². The first-order valence-electron chi connectivity index (χ1n) is 9.64. The highest BCUT2D eigenvalue weighted by Crippen LogP contribution is 2.45. The fourth-order valence-corrected chi connectivity index (χ4v) is 4.45. The Hall–Kier alpha value is -3.12. The van der Waals surface area contributed by atoms with Gasteiger partial charge in [-0.15, -0.1) is 0 Å². The van der Waals surface area contributed by atoms with Gasteiger partial charge in [0.05, 0.1) is 12.3 Å². The van der Waals surface area contributed by atoms with Crippen LogP contribution >= 0.6 is 0 Å². The van der Waals surface area contributed by atoms with Crippen molar-refractivity contribution in [2.75, 3.05) is 0 Å². The van der Waals surface area contributed by atoms with Gasteiger partial charge >= 0.3 is 0 Å². The van der Waals surface area contributed by atoms with Crippen LogP contribution in [0.1, 0.15) is 43.6 Å². The minimum absolute atomic E-state index is 0.482. The predicted octanol–water partition coefficient (Wildman–Crippen LogP) is 7.25. The maximum Gasteiger partial charge on any atom is 0.232 e. The van der Waals surface area contributed by atoms with E-state index in [0.717, 1.165) is 38.8 Å². The highest BCUT2D eigenvalue weighted by Gasteiger charge is 2.23. The molecule has 0 amide bonds. The van der Waals surface area contributed by atoms with E-state index in [2.05, 4.69) is 28.0 Å². The molecule has 1 aliphatic rings. The maximum atomic E-state index is 7.83.